The smallest absolute Gasteiger partial charge is 0.304 e. The van der Waals surface area contributed by atoms with E-state index in [1.165, 1.54) is 13.8 Å². The Balaban J connectivity index is 4.71. The standard InChI is InChI=1S/C8H16O4S/c1-4-5-13(11,12)8(2,3)6-7(9)10/h4-6H2,1-3H3,(H,9,10). The molecule has 4 nitrogen and oxygen atoms in total. The van der Waals surface area contributed by atoms with Crippen molar-refractivity contribution in [3.8, 4) is 0 Å². The number of hydrogen-bond acceptors (Lipinski definition) is 3. The zero-order valence-corrected chi connectivity index (χ0v) is 9.02. The minimum Gasteiger partial charge on any atom is -0.481 e. The van der Waals surface area contributed by atoms with Crippen molar-refractivity contribution < 1.29 is 18.3 Å². The third kappa shape index (κ3) is 3.34. The van der Waals surface area contributed by atoms with Gasteiger partial charge in [0, 0.05) is 0 Å². The Morgan fingerprint density at radius 1 is 1.38 bits per heavy atom. The van der Waals surface area contributed by atoms with Crippen LogP contribution >= 0.6 is 0 Å². The summed E-state index contributed by atoms with van der Waals surface area (Å²) >= 11 is 0. The van der Waals surface area contributed by atoms with E-state index in [0.717, 1.165) is 0 Å². The number of sulfone groups is 1. The number of carbonyl (C=O) groups is 1. The van der Waals surface area contributed by atoms with Gasteiger partial charge in [-0.2, -0.15) is 0 Å². The van der Waals surface area contributed by atoms with Crippen molar-refractivity contribution in [3.05, 3.63) is 0 Å². The van der Waals surface area contributed by atoms with Crippen LogP contribution in [0.15, 0.2) is 0 Å². The van der Waals surface area contributed by atoms with Gasteiger partial charge in [0.15, 0.2) is 9.84 Å². The van der Waals surface area contributed by atoms with E-state index in [1.54, 1.807) is 6.92 Å². The van der Waals surface area contributed by atoms with Crippen molar-refractivity contribution in [2.75, 3.05) is 5.75 Å². The van der Waals surface area contributed by atoms with Gasteiger partial charge < -0.3 is 5.11 Å². The first kappa shape index (κ1) is 12.4. The molecule has 0 aromatic carbocycles. The Bertz CT molecular complexity index is 277. The number of carboxylic acids is 1. The highest BCUT2D eigenvalue weighted by Crippen LogP contribution is 2.22. The summed E-state index contributed by atoms with van der Waals surface area (Å²) in [4.78, 5) is 10.4. The molecule has 0 bridgehead atoms. The van der Waals surface area contributed by atoms with Crippen molar-refractivity contribution in [2.24, 2.45) is 0 Å². The lowest BCUT2D eigenvalue weighted by Crippen LogP contribution is -2.36. The molecule has 0 rings (SSSR count). The Morgan fingerprint density at radius 3 is 2.15 bits per heavy atom. The molecule has 0 aliphatic carbocycles. The molecule has 5 heteroatoms. The van der Waals surface area contributed by atoms with Crippen LogP contribution in [-0.4, -0.2) is 30.0 Å². The van der Waals surface area contributed by atoms with E-state index in [2.05, 4.69) is 0 Å². The van der Waals surface area contributed by atoms with E-state index in [1.807, 2.05) is 0 Å². The van der Waals surface area contributed by atoms with E-state index >= 15 is 0 Å². The summed E-state index contributed by atoms with van der Waals surface area (Å²) in [5.41, 5.74) is 0. The van der Waals surface area contributed by atoms with Crippen LogP contribution in [0.5, 0.6) is 0 Å². The van der Waals surface area contributed by atoms with Crippen molar-refractivity contribution in [1.29, 1.82) is 0 Å². The third-order valence-electron chi connectivity index (χ3n) is 1.89. The first-order valence-corrected chi connectivity index (χ1v) is 5.82. The van der Waals surface area contributed by atoms with Gasteiger partial charge in [0.25, 0.3) is 0 Å². The molecule has 13 heavy (non-hydrogen) atoms. The number of aliphatic carboxylic acids is 1. The Kier molecular flexibility index (Phi) is 3.90. The van der Waals surface area contributed by atoms with Crippen LogP contribution in [0.4, 0.5) is 0 Å². The second-order valence-corrected chi connectivity index (χ2v) is 6.39. The first-order chi connectivity index (χ1) is 5.73. The maximum atomic E-state index is 11.5. The topological polar surface area (TPSA) is 71.4 Å². The lowest BCUT2D eigenvalue weighted by molar-refractivity contribution is -0.137. The van der Waals surface area contributed by atoms with Gasteiger partial charge in [-0.3, -0.25) is 4.79 Å². The second kappa shape index (κ2) is 4.09. The molecule has 0 aliphatic rings. The van der Waals surface area contributed by atoms with Gasteiger partial charge in [0.1, 0.15) is 0 Å². The van der Waals surface area contributed by atoms with E-state index in [0.29, 0.717) is 6.42 Å². The number of carboxylic acid groups (broad SMARTS) is 1. The number of hydrogen-bond donors (Lipinski definition) is 1. The monoisotopic (exact) mass is 208 g/mol. The van der Waals surface area contributed by atoms with Crippen molar-refractivity contribution in [3.63, 3.8) is 0 Å². The molecule has 0 amide bonds. The molecule has 0 aliphatic heterocycles. The molecule has 0 saturated heterocycles. The van der Waals surface area contributed by atoms with Crippen LogP contribution in [0.2, 0.25) is 0 Å². The summed E-state index contributed by atoms with van der Waals surface area (Å²) in [6.45, 7) is 4.66. The van der Waals surface area contributed by atoms with Gasteiger partial charge in [-0.15, -0.1) is 0 Å². The van der Waals surface area contributed by atoms with Crippen molar-refractivity contribution in [2.45, 2.75) is 38.4 Å². The van der Waals surface area contributed by atoms with Crippen LogP contribution in [0, 0.1) is 0 Å². The highest BCUT2D eigenvalue weighted by molar-refractivity contribution is 7.92. The van der Waals surface area contributed by atoms with Crippen LogP contribution in [0.25, 0.3) is 0 Å². The summed E-state index contributed by atoms with van der Waals surface area (Å²) in [6, 6.07) is 0. The Hall–Kier alpha value is -0.580. The summed E-state index contributed by atoms with van der Waals surface area (Å²) in [7, 11) is -3.29. The summed E-state index contributed by atoms with van der Waals surface area (Å²) < 4.78 is 21.9. The van der Waals surface area contributed by atoms with Gasteiger partial charge in [-0.25, -0.2) is 8.42 Å². The molecule has 78 valence electrons. The summed E-state index contributed by atoms with van der Waals surface area (Å²) in [5, 5.41) is 8.52. The van der Waals surface area contributed by atoms with Gasteiger partial charge in [-0.1, -0.05) is 6.92 Å². The van der Waals surface area contributed by atoms with Gasteiger partial charge >= 0.3 is 5.97 Å². The highest BCUT2D eigenvalue weighted by Gasteiger charge is 2.35. The first-order valence-electron chi connectivity index (χ1n) is 4.17. The highest BCUT2D eigenvalue weighted by atomic mass is 32.2. The summed E-state index contributed by atoms with van der Waals surface area (Å²) in [6.07, 6.45) is 0.181. The maximum Gasteiger partial charge on any atom is 0.304 e. The molecule has 0 heterocycles. The molecule has 1 N–H and O–H groups in total. The molecule has 0 unspecified atom stereocenters. The van der Waals surface area contributed by atoms with Gasteiger partial charge in [-0.05, 0) is 20.3 Å². The van der Waals surface area contributed by atoms with Crippen molar-refractivity contribution >= 4 is 15.8 Å². The molecule has 0 atom stereocenters. The summed E-state index contributed by atoms with van der Waals surface area (Å²) in [5.74, 6) is -1.03. The Morgan fingerprint density at radius 2 is 1.85 bits per heavy atom. The second-order valence-electron chi connectivity index (χ2n) is 3.65. The van der Waals surface area contributed by atoms with Crippen LogP contribution in [0.3, 0.4) is 0 Å². The van der Waals surface area contributed by atoms with E-state index < -0.39 is 20.6 Å². The zero-order chi connectivity index (χ0) is 10.7. The minimum absolute atomic E-state index is 0.0489. The molecule has 0 aromatic heterocycles. The molecular formula is C8H16O4S. The normalized spacial score (nSPS) is 12.8. The van der Waals surface area contributed by atoms with Gasteiger partial charge in [0.2, 0.25) is 0 Å². The fraction of sp³-hybridized carbons (Fsp3) is 0.875. The molecule has 0 spiro atoms. The zero-order valence-electron chi connectivity index (χ0n) is 8.20. The van der Waals surface area contributed by atoms with Gasteiger partial charge in [0.05, 0.1) is 16.9 Å². The predicted molar refractivity (Wildman–Crippen MR) is 50.4 cm³/mol. The SMILES string of the molecule is CCCS(=O)(=O)C(C)(C)CC(=O)O. The van der Waals surface area contributed by atoms with E-state index in [-0.39, 0.29) is 12.2 Å². The quantitative estimate of drug-likeness (QED) is 0.733. The van der Waals surface area contributed by atoms with Crippen LogP contribution < -0.4 is 0 Å². The lowest BCUT2D eigenvalue weighted by Gasteiger charge is -2.22. The van der Waals surface area contributed by atoms with E-state index in [4.69, 9.17) is 5.11 Å². The fourth-order valence-corrected chi connectivity index (χ4v) is 2.45. The molecule has 0 aromatic rings. The molecular weight excluding hydrogens is 192 g/mol. The average molecular weight is 208 g/mol. The molecule has 0 fully saturated rings. The average Bonchev–Trinajstić information content (AvgIpc) is 1.82. The predicted octanol–water partition coefficient (Wildman–Crippen LogP) is 1.06. The van der Waals surface area contributed by atoms with E-state index in [9.17, 15) is 13.2 Å². The molecule has 0 saturated carbocycles. The van der Waals surface area contributed by atoms with Crippen molar-refractivity contribution in [1.82, 2.24) is 0 Å². The maximum absolute atomic E-state index is 11.5. The number of rotatable bonds is 5. The fourth-order valence-electron chi connectivity index (χ4n) is 1.02. The van der Waals surface area contributed by atoms with Crippen LogP contribution in [-0.2, 0) is 14.6 Å². The third-order valence-corrected chi connectivity index (χ3v) is 4.67. The van der Waals surface area contributed by atoms with Crippen LogP contribution in [0.1, 0.15) is 33.6 Å². The minimum atomic E-state index is -3.29. The lowest BCUT2D eigenvalue weighted by atomic mass is 10.1. The Labute approximate surface area is 78.9 Å². The molecule has 0 radical (unpaired) electrons. The largest absolute Gasteiger partial charge is 0.481 e.